The molecule has 27 heavy (non-hydrogen) atoms. The van der Waals surface area contributed by atoms with Gasteiger partial charge in [-0.1, -0.05) is 0 Å². The standard InChI is InChI=1S/C19H20F3N3O2/c1-23-9-12(10-3-4-10)18-17(20)14(24-2)8-13(25-18)11-5-6-15-16(7-11)27-19(21,22)26-15/h5-8,10,12,23H,3-4,9H2,1-2H3,(H,24,25). The van der Waals surface area contributed by atoms with Crippen molar-refractivity contribution < 1.29 is 22.6 Å². The lowest BCUT2D eigenvalue weighted by atomic mass is 9.96. The smallest absolute Gasteiger partial charge is 0.395 e. The lowest BCUT2D eigenvalue weighted by molar-refractivity contribution is -0.286. The van der Waals surface area contributed by atoms with Crippen molar-refractivity contribution in [2.45, 2.75) is 25.1 Å². The van der Waals surface area contributed by atoms with Crippen LogP contribution in [0.1, 0.15) is 24.5 Å². The van der Waals surface area contributed by atoms with Crippen LogP contribution >= 0.6 is 0 Å². The summed E-state index contributed by atoms with van der Waals surface area (Å²) in [4.78, 5) is 4.55. The molecule has 0 amide bonds. The third kappa shape index (κ3) is 3.41. The van der Waals surface area contributed by atoms with Crippen LogP contribution in [0.3, 0.4) is 0 Å². The van der Waals surface area contributed by atoms with Gasteiger partial charge in [0.1, 0.15) is 0 Å². The largest absolute Gasteiger partial charge is 0.586 e. The first-order valence-electron chi connectivity index (χ1n) is 8.85. The molecule has 1 unspecified atom stereocenters. The number of hydrogen-bond acceptors (Lipinski definition) is 5. The second kappa shape index (κ2) is 6.60. The number of anilines is 1. The van der Waals surface area contributed by atoms with E-state index in [1.807, 2.05) is 7.05 Å². The Morgan fingerprint density at radius 3 is 2.59 bits per heavy atom. The summed E-state index contributed by atoms with van der Waals surface area (Å²) in [6.45, 7) is 0.620. The lowest BCUT2D eigenvalue weighted by Gasteiger charge is -2.19. The Morgan fingerprint density at radius 2 is 1.93 bits per heavy atom. The third-order valence-corrected chi connectivity index (χ3v) is 4.92. The van der Waals surface area contributed by atoms with Crippen LogP contribution in [0.25, 0.3) is 11.3 Å². The fourth-order valence-corrected chi connectivity index (χ4v) is 3.44. The summed E-state index contributed by atoms with van der Waals surface area (Å²) >= 11 is 0. The predicted octanol–water partition coefficient (Wildman–Crippen LogP) is 3.96. The van der Waals surface area contributed by atoms with Crippen molar-refractivity contribution in [3.63, 3.8) is 0 Å². The van der Waals surface area contributed by atoms with E-state index in [2.05, 4.69) is 25.1 Å². The van der Waals surface area contributed by atoms with Gasteiger partial charge in [-0.15, -0.1) is 8.78 Å². The van der Waals surface area contributed by atoms with Gasteiger partial charge in [-0.25, -0.2) is 9.37 Å². The molecule has 4 rings (SSSR count). The van der Waals surface area contributed by atoms with Crippen LogP contribution in [-0.2, 0) is 0 Å². The summed E-state index contributed by atoms with van der Waals surface area (Å²) in [6.07, 6.45) is -1.58. The number of alkyl halides is 2. The molecule has 1 fully saturated rings. The Balaban J connectivity index is 1.77. The number of nitrogens with zero attached hydrogens (tertiary/aromatic N) is 1. The second-order valence-electron chi connectivity index (χ2n) is 6.83. The minimum atomic E-state index is -3.68. The minimum Gasteiger partial charge on any atom is -0.395 e. The van der Waals surface area contributed by atoms with E-state index in [-0.39, 0.29) is 23.2 Å². The topological polar surface area (TPSA) is 55.4 Å². The first kappa shape index (κ1) is 17.9. The molecule has 1 saturated carbocycles. The van der Waals surface area contributed by atoms with E-state index in [1.165, 1.54) is 12.1 Å². The Bertz CT molecular complexity index is 872. The van der Waals surface area contributed by atoms with Gasteiger partial charge in [0.2, 0.25) is 0 Å². The fourth-order valence-electron chi connectivity index (χ4n) is 3.44. The number of likely N-dealkylation sites (N-methyl/N-ethyl adjacent to an activating group) is 1. The number of nitrogens with one attached hydrogen (secondary N) is 2. The van der Waals surface area contributed by atoms with E-state index >= 15 is 0 Å². The predicted molar refractivity (Wildman–Crippen MR) is 94.8 cm³/mol. The number of benzene rings is 1. The first-order chi connectivity index (χ1) is 12.9. The molecule has 2 N–H and O–H groups in total. The van der Waals surface area contributed by atoms with Crippen LogP contribution in [0.2, 0.25) is 0 Å². The zero-order valence-electron chi connectivity index (χ0n) is 15.0. The van der Waals surface area contributed by atoms with Crippen LogP contribution in [0, 0.1) is 11.7 Å². The molecule has 2 aromatic rings. The molecule has 0 radical (unpaired) electrons. The van der Waals surface area contributed by atoms with Gasteiger partial charge in [-0.3, -0.25) is 0 Å². The summed E-state index contributed by atoms with van der Waals surface area (Å²) in [5, 5.41) is 5.96. The quantitative estimate of drug-likeness (QED) is 0.796. The average Bonchev–Trinajstić information content (AvgIpc) is 3.41. The van der Waals surface area contributed by atoms with Gasteiger partial charge < -0.3 is 20.1 Å². The van der Waals surface area contributed by atoms with E-state index < -0.39 is 6.29 Å². The van der Waals surface area contributed by atoms with Gasteiger partial charge in [-0.2, -0.15) is 0 Å². The molecule has 1 aromatic carbocycles. The molecule has 0 spiro atoms. The number of aromatic nitrogens is 1. The number of ether oxygens (including phenoxy) is 2. The number of hydrogen-bond donors (Lipinski definition) is 2. The van der Waals surface area contributed by atoms with Gasteiger partial charge in [-0.05, 0) is 50.1 Å². The summed E-state index contributed by atoms with van der Waals surface area (Å²) in [5.41, 5.74) is 1.74. The Morgan fingerprint density at radius 1 is 1.19 bits per heavy atom. The maximum absolute atomic E-state index is 15.0. The van der Waals surface area contributed by atoms with Crippen molar-refractivity contribution in [2.75, 3.05) is 26.0 Å². The van der Waals surface area contributed by atoms with Crippen molar-refractivity contribution in [1.82, 2.24) is 10.3 Å². The van der Waals surface area contributed by atoms with E-state index in [0.717, 1.165) is 12.8 Å². The average molecular weight is 379 g/mol. The molecule has 2 heterocycles. The van der Waals surface area contributed by atoms with Crippen LogP contribution in [0.15, 0.2) is 24.3 Å². The highest BCUT2D eigenvalue weighted by Gasteiger charge is 2.43. The van der Waals surface area contributed by atoms with Gasteiger partial charge in [0.15, 0.2) is 17.3 Å². The van der Waals surface area contributed by atoms with Gasteiger partial charge in [0, 0.05) is 25.1 Å². The highest BCUT2D eigenvalue weighted by atomic mass is 19.3. The molecular formula is C19H20F3N3O2. The van der Waals surface area contributed by atoms with Gasteiger partial charge in [0.05, 0.1) is 17.1 Å². The van der Waals surface area contributed by atoms with Crippen LogP contribution in [0.4, 0.5) is 18.9 Å². The molecule has 2 aliphatic rings. The molecule has 1 aliphatic heterocycles. The Kier molecular flexibility index (Phi) is 4.38. The second-order valence-corrected chi connectivity index (χ2v) is 6.83. The maximum atomic E-state index is 15.0. The Hall–Kier alpha value is -2.48. The van der Waals surface area contributed by atoms with Crippen molar-refractivity contribution in [3.8, 4) is 22.8 Å². The van der Waals surface area contributed by atoms with Crippen molar-refractivity contribution >= 4 is 5.69 Å². The molecule has 5 nitrogen and oxygen atoms in total. The van der Waals surface area contributed by atoms with Crippen LogP contribution < -0.4 is 20.1 Å². The summed E-state index contributed by atoms with van der Waals surface area (Å²) < 4.78 is 50.4. The van der Waals surface area contributed by atoms with Crippen LogP contribution in [0.5, 0.6) is 11.5 Å². The van der Waals surface area contributed by atoms with Gasteiger partial charge >= 0.3 is 6.29 Å². The van der Waals surface area contributed by atoms with E-state index in [4.69, 9.17) is 0 Å². The van der Waals surface area contributed by atoms with Crippen molar-refractivity contribution in [2.24, 2.45) is 5.92 Å². The summed E-state index contributed by atoms with van der Waals surface area (Å²) in [5.74, 6) is -0.118. The molecule has 0 bridgehead atoms. The molecule has 1 aliphatic carbocycles. The highest BCUT2D eigenvalue weighted by molar-refractivity contribution is 5.68. The molecule has 1 aromatic heterocycles. The zero-order chi connectivity index (χ0) is 19.2. The third-order valence-electron chi connectivity index (χ3n) is 4.92. The minimum absolute atomic E-state index is 0.0361. The summed E-state index contributed by atoms with van der Waals surface area (Å²) in [7, 11) is 3.46. The molecular weight excluding hydrogens is 359 g/mol. The number of halogens is 3. The Labute approximate surface area is 154 Å². The van der Waals surface area contributed by atoms with Gasteiger partial charge in [0.25, 0.3) is 0 Å². The summed E-state index contributed by atoms with van der Waals surface area (Å²) in [6, 6.07) is 6.01. The molecule has 0 saturated heterocycles. The maximum Gasteiger partial charge on any atom is 0.586 e. The highest BCUT2D eigenvalue weighted by Crippen LogP contribution is 2.45. The number of pyridine rings is 1. The number of fused-ring (bicyclic) bond motifs is 1. The molecule has 1 atom stereocenters. The number of rotatable bonds is 6. The molecule has 8 heteroatoms. The van der Waals surface area contributed by atoms with E-state index in [9.17, 15) is 13.2 Å². The van der Waals surface area contributed by atoms with Crippen molar-refractivity contribution in [1.29, 1.82) is 0 Å². The fraction of sp³-hybridized carbons (Fsp3) is 0.421. The lowest BCUT2D eigenvalue weighted by Crippen LogP contribution is -2.25. The SMILES string of the molecule is CNCC(c1nc(-c2ccc3c(c2)OC(F)(F)O3)cc(NC)c1F)C1CC1. The first-order valence-corrected chi connectivity index (χ1v) is 8.85. The van der Waals surface area contributed by atoms with Crippen molar-refractivity contribution in [3.05, 3.63) is 35.8 Å². The van der Waals surface area contributed by atoms with E-state index in [1.54, 1.807) is 19.2 Å². The van der Waals surface area contributed by atoms with Crippen LogP contribution in [-0.4, -0.2) is 31.9 Å². The van der Waals surface area contributed by atoms with E-state index in [0.29, 0.717) is 35.1 Å². The normalized spacial score (nSPS) is 18.4. The molecule has 144 valence electrons. The monoisotopic (exact) mass is 379 g/mol. The zero-order valence-corrected chi connectivity index (χ0v) is 15.0.